The lowest BCUT2D eigenvalue weighted by Crippen LogP contribution is -2.21. The summed E-state index contributed by atoms with van der Waals surface area (Å²) in [4.78, 5) is 10.9. The number of primary amides is 1. The monoisotopic (exact) mass is 254 g/mol. The van der Waals surface area contributed by atoms with Crippen molar-refractivity contribution in [3.63, 3.8) is 0 Å². The summed E-state index contributed by atoms with van der Waals surface area (Å²) in [7, 11) is 4.57. The van der Waals surface area contributed by atoms with Crippen LogP contribution in [0.1, 0.15) is 18.0 Å². The van der Waals surface area contributed by atoms with E-state index in [2.05, 4.69) is 0 Å². The highest BCUT2D eigenvalue weighted by Gasteiger charge is 2.18. The van der Waals surface area contributed by atoms with E-state index in [1.54, 1.807) is 12.1 Å². The van der Waals surface area contributed by atoms with E-state index in [0.717, 1.165) is 0 Å². The largest absolute Gasteiger partial charge is 0.496 e. The van der Waals surface area contributed by atoms with Crippen LogP contribution in [-0.4, -0.2) is 27.2 Å². The number of amides is 1. The number of hydrogen-bond acceptors (Lipinski definition) is 5. The summed E-state index contributed by atoms with van der Waals surface area (Å²) >= 11 is 0. The van der Waals surface area contributed by atoms with E-state index in [0.29, 0.717) is 22.8 Å². The van der Waals surface area contributed by atoms with E-state index in [-0.39, 0.29) is 6.42 Å². The first-order valence-electron chi connectivity index (χ1n) is 5.37. The van der Waals surface area contributed by atoms with Gasteiger partial charge < -0.3 is 25.7 Å². The van der Waals surface area contributed by atoms with Gasteiger partial charge in [-0.15, -0.1) is 0 Å². The van der Waals surface area contributed by atoms with Gasteiger partial charge in [-0.3, -0.25) is 4.79 Å². The number of hydrogen-bond donors (Lipinski definition) is 2. The van der Waals surface area contributed by atoms with Gasteiger partial charge in [-0.05, 0) is 6.07 Å². The van der Waals surface area contributed by atoms with Crippen LogP contribution in [0, 0.1) is 0 Å². The van der Waals surface area contributed by atoms with Crippen LogP contribution in [0.25, 0.3) is 0 Å². The number of ether oxygens (including phenoxy) is 3. The normalized spacial score (nSPS) is 11.8. The van der Waals surface area contributed by atoms with Gasteiger partial charge in [-0.25, -0.2) is 0 Å². The Morgan fingerprint density at radius 2 is 1.61 bits per heavy atom. The summed E-state index contributed by atoms with van der Waals surface area (Å²) in [5.74, 6) is 1.11. The summed E-state index contributed by atoms with van der Waals surface area (Å²) in [6, 6.07) is 2.80. The molecule has 100 valence electrons. The average Bonchev–Trinajstić information content (AvgIpc) is 2.36. The molecule has 0 unspecified atom stereocenters. The molecule has 0 aliphatic carbocycles. The van der Waals surface area contributed by atoms with Crippen LogP contribution < -0.4 is 25.7 Å². The highest BCUT2D eigenvalue weighted by Crippen LogP contribution is 2.37. The van der Waals surface area contributed by atoms with Crippen molar-refractivity contribution in [2.24, 2.45) is 11.5 Å². The molecule has 0 fully saturated rings. The topological polar surface area (TPSA) is 96.8 Å². The summed E-state index contributed by atoms with van der Waals surface area (Å²) in [6.07, 6.45) is 0.0336. The van der Waals surface area contributed by atoms with Crippen molar-refractivity contribution in [3.05, 3.63) is 17.7 Å². The van der Waals surface area contributed by atoms with Crippen LogP contribution in [0.15, 0.2) is 12.1 Å². The molecular weight excluding hydrogens is 236 g/mol. The number of methoxy groups -OCH3 is 3. The smallest absolute Gasteiger partial charge is 0.219 e. The Morgan fingerprint density at radius 3 is 2.06 bits per heavy atom. The molecule has 1 atom stereocenters. The molecule has 0 aliphatic heterocycles. The van der Waals surface area contributed by atoms with E-state index >= 15 is 0 Å². The van der Waals surface area contributed by atoms with Gasteiger partial charge in [0.1, 0.15) is 5.75 Å². The minimum atomic E-state index is -0.544. The lowest BCUT2D eigenvalue weighted by atomic mass is 10.0. The van der Waals surface area contributed by atoms with Crippen molar-refractivity contribution in [1.29, 1.82) is 0 Å². The van der Waals surface area contributed by atoms with Crippen LogP contribution in [0.2, 0.25) is 0 Å². The predicted octanol–water partition coefficient (Wildman–Crippen LogP) is 0.588. The maximum Gasteiger partial charge on any atom is 0.219 e. The first-order valence-corrected chi connectivity index (χ1v) is 5.37. The SMILES string of the molecule is COc1cc(OC)c([C@H](N)CC(N)=O)cc1OC. The highest BCUT2D eigenvalue weighted by atomic mass is 16.5. The van der Waals surface area contributed by atoms with Crippen LogP contribution in [0.5, 0.6) is 17.2 Å². The average molecular weight is 254 g/mol. The van der Waals surface area contributed by atoms with E-state index in [4.69, 9.17) is 25.7 Å². The third kappa shape index (κ3) is 3.04. The molecule has 0 saturated carbocycles. The van der Waals surface area contributed by atoms with Crippen LogP contribution in [-0.2, 0) is 4.79 Å². The maximum atomic E-state index is 10.9. The number of nitrogens with two attached hydrogens (primary N) is 2. The zero-order valence-electron chi connectivity index (χ0n) is 10.7. The van der Waals surface area contributed by atoms with Gasteiger partial charge in [-0.2, -0.15) is 0 Å². The van der Waals surface area contributed by atoms with Crippen LogP contribution in [0.3, 0.4) is 0 Å². The quantitative estimate of drug-likeness (QED) is 0.774. The summed E-state index contributed by atoms with van der Waals surface area (Å²) in [5, 5.41) is 0. The first kappa shape index (κ1) is 14.1. The molecule has 0 aliphatic rings. The van der Waals surface area contributed by atoms with E-state index < -0.39 is 11.9 Å². The minimum Gasteiger partial charge on any atom is -0.496 e. The second kappa shape index (κ2) is 6.11. The Labute approximate surface area is 106 Å². The molecule has 0 heterocycles. The summed E-state index contributed by atoms with van der Waals surface area (Å²) in [6.45, 7) is 0. The lowest BCUT2D eigenvalue weighted by Gasteiger charge is -2.17. The fourth-order valence-electron chi connectivity index (χ4n) is 1.67. The zero-order valence-corrected chi connectivity index (χ0v) is 10.7. The highest BCUT2D eigenvalue weighted by molar-refractivity contribution is 5.75. The summed E-state index contributed by atoms with van der Waals surface area (Å²) in [5.41, 5.74) is 11.7. The van der Waals surface area contributed by atoms with Crippen molar-refractivity contribution in [2.45, 2.75) is 12.5 Å². The third-order valence-electron chi connectivity index (χ3n) is 2.56. The molecule has 6 nitrogen and oxygen atoms in total. The van der Waals surface area contributed by atoms with Gasteiger partial charge in [0.05, 0.1) is 21.3 Å². The fraction of sp³-hybridized carbons (Fsp3) is 0.417. The minimum absolute atomic E-state index is 0.0336. The molecule has 0 saturated heterocycles. The lowest BCUT2D eigenvalue weighted by molar-refractivity contribution is -0.118. The summed E-state index contributed by atoms with van der Waals surface area (Å²) < 4.78 is 15.6. The van der Waals surface area contributed by atoms with Crippen molar-refractivity contribution in [2.75, 3.05) is 21.3 Å². The van der Waals surface area contributed by atoms with Gasteiger partial charge in [0.25, 0.3) is 0 Å². The standard InChI is InChI=1S/C12H18N2O4/c1-16-9-6-11(18-3)10(17-2)4-7(9)8(13)5-12(14)15/h4,6,8H,5,13H2,1-3H3,(H2,14,15)/t8-/m1/s1. The molecule has 0 radical (unpaired) electrons. The Balaban J connectivity index is 3.20. The Hall–Kier alpha value is -1.95. The molecule has 1 aromatic carbocycles. The zero-order chi connectivity index (χ0) is 13.7. The van der Waals surface area contributed by atoms with E-state index in [1.807, 2.05) is 0 Å². The predicted molar refractivity (Wildman–Crippen MR) is 66.8 cm³/mol. The number of rotatable bonds is 6. The molecular formula is C12H18N2O4. The third-order valence-corrected chi connectivity index (χ3v) is 2.56. The molecule has 0 aromatic heterocycles. The Kier molecular flexibility index (Phi) is 4.79. The van der Waals surface area contributed by atoms with Crippen LogP contribution >= 0.6 is 0 Å². The molecule has 0 bridgehead atoms. The molecule has 4 N–H and O–H groups in total. The Bertz CT molecular complexity index is 434. The Morgan fingerprint density at radius 1 is 1.11 bits per heavy atom. The molecule has 1 aromatic rings. The molecule has 6 heteroatoms. The van der Waals surface area contributed by atoms with Gasteiger partial charge in [-0.1, -0.05) is 0 Å². The molecule has 18 heavy (non-hydrogen) atoms. The number of carbonyl (C=O) groups excluding carboxylic acids is 1. The fourth-order valence-corrected chi connectivity index (χ4v) is 1.67. The van der Waals surface area contributed by atoms with Crippen molar-refractivity contribution < 1.29 is 19.0 Å². The van der Waals surface area contributed by atoms with Crippen molar-refractivity contribution in [3.8, 4) is 17.2 Å². The van der Waals surface area contributed by atoms with Crippen LogP contribution in [0.4, 0.5) is 0 Å². The van der Waals surface area contributed by atoms with Gasteiger partial charge in [0.2, 0.25) is 5.91 Å². The van der Waals surface area contributed by atoms with Crippen molar-refractivity contribution >= 4 is 5.91 Å². The second-order valence-electron chi connectivity index (χ2n) is 3.73. The number of benzene rings is 1. The molecule has 1 rings (SSSR count). The van der Waals surface area contributed by atoms with Crippen molar-refractivity contribution in [1.82, 2.24) is 0 Å². The van der Waals surface area contributed by atoms with Gasteiger partial charge >= 0.3 is 0 Å². The second-order valence-corrected chi connectivity index (χ2v) is 3.73. The first-order chi connectivity index (χ1) is 8.53. The molecule has 1 amide bonds. The van der Waals surface area contributed by atoms with Gasteiger partial charge in [0, 0.05) is 24.1 Å². The van der Waals surface area contributed by atoms with E-state index in [9.17, 15) is 4.79 Å². The molecule has 0 spiro atoms. The maximum absolute atomic E-state index is 10.9. The van der Waals surface area contributed by atoms with Gasteiger partial charge in [0.15, 0.2) is 11.5 Å². The van der Waals surface area contributed by atoms with E-state index in [1.165, 1.54) is 21.3 Å². The number of carbonyl (C=O) groups is 1.